The summed E-state index contributed by atoms with van der Waals surface area (Å²) in [5.41, 5.74) is 8.14. The number of piperazine rings is 1. The third kappa shape index (κ3) is 7.05. The number of halogens is 2. The first-order valence-electron chi connectivity index (χ1n) is 16.8. The predicted molar refractivity (Wildman–Crippen MR) is 194 cm³/mol. The number of hydrogen-bond acceptors (Lipinski definition) is 10. The highest BCUT2D eigenvalue weighted by Gasteiger charge is 2.44. The van der Waals surface area contributed by atoms with Gasteiger partial charge in [0.15, 0.2) is 5.69 Å². The van der Waals surface area contributed by atoms with Crippen LogP contribution in [0.4, 0.5) is 11.4 Å². The molecule has 4 aliphatic heterocycles. The van der Waals surface area contributed by atoms with Gasteiger partial charge in [0.1, 0.15) is 11.4 Å². The summed E-state index contributed by atoms with van der Waals surface area (Å²) in [7, 11) is 0. The average molecular weight is 755 g/mol. The Morgan fingerprint density at radius 3 is 2.31 bits per heavy atom. The van der Waals surface area contributed by atoms with Crippen LogP contribution in [0, 0.1) is 0 Å². The van der Waals surface area contributed by atoms with Crippen LogP contribution >= 0.6 is 35.8 Å². The smallest absolute Gasteiger partial charge is 0.271 e. The number of anilines is 2. The van der Waals surface area contributed by atoms with Crippen molar-refractivity contribution >= 4 is 76.7 Å². The second-order valence-corrected chi connectivity index (χ2v) is 14.5. The Labute approximate surface area is 309 Å². The van der Waals surface area contributed by atoms with Gasteiger partial charge >= 0.3 is 0 Å². The molecule has 0 spiro atoms. The number of imide groups is 1. The lowest BCUT2D eigenvalue weighted by Gasteiger charge is -2.40. The molecule has 51 heavy (non-hydrogen) atoms. The number of rotatable bonds is 8. The van der Waals surface area contributed by atoms with Gasteiger partial charge in [0.05, 0.1) is 34.0 Å². The quantitative estimate of drug-likeness (QED) is 0.200. The molecule has 0 saturated carbocycles. The number of nitrogens with zero attached hydrogens (tertiary/aromatic N) is 6. The van der Waals surface area contributed by atoms with Gasteiger partial charge in [0.2, 0.25) is 11.8 Å². The third-order valence-electron chi connectivity index (χ3n) is 10.1. The van der Waals surface area contributed by atoms with Crippen molar-refractivity contribution < 1.29 is 24.0 Å². The summed E-state index contributed by atoms with van der Waals surface area (Å²) in [6.07, 6.45) is 3.72. The lowest BCUT2D eigenvalue weighted by Crippen LogP contribution is -2.53. The van der Waals surface area contributed by atoms with Gasteiger partial charge in [0.25, 0.3) is 17.7 Å². The summed E-state index contributed by atoms with van der Waals surface area (Å²) >= 11 is 17.1. The Hall–Kier alpha value is -4.15. The van der Waals surface area contributed by atoms with Crippen molar-refractivity contribution in [2.75, 3.05) is 56.2 Å². The van der Waals surface area contributed by atoms with Gasteiger partial charge in [-0.3, -0.25) is 43.8 Å². The fraction of sp³-hybridized carbons (Fsp3) is 0.412. The Morgan fingerprint density at radius 1 is 0.961 bits per heavy atom. The highest BCUT2D eigenvalue weighted by Crippen LogP contribution is 2.41. The van der Waals surface area contributed by atoms with Crippen LogP contribution in [0.25, 0.3) is 0 Å². The van der Waals surface area contributed by atoms with Crippen LogP contribution in [0.2, 0.25) is 10.0 Å². The summed E-state index contributed by atoms with van der Waals surface area (Å²) in [4.78, 5) is 71.4. The summed E-state index contributed by atoms with van der Waals surface area (Å²) < 4.78 is 1.71. The molecule has 0 aliphatic carbocycles. The first-order chi connectivity index (χ1) is 24.5. The van der Waals surface area contributed by atoms with E-state index in [1.54, 1.807) is 29.1 Å². The third-order valence-corrected chi connectivity index (χ3v) is 11.2. The maximum absolute atomic E-state index is 13.4. The van der Waals surface area contributed by atoms with Crippen LogP contribution in [0.3, 0.4) is 0 Å². The van der Waals surface area contributed by atoms with Crippen molar-refractivity contribution in [3.63, 3.8) is 0 Å². The molecule has 0 bridgehead atoms. The van der Waals surface area contributed by atoms with Gasteiger partial charge in [-0.1, -0.05) is 35.3 Å². The average Bonchev–Trinajstić information content (AvgIpc) is 3.63. The van der Waals surface area contributed by atoms with Crippen LogP contribution in [0.5, 0.6) is 0 Å². The molecule has 17 heteroatoms. The minimum atomic E-state index is -0.752. The van der Waals surface area contributed by atoms with E-state index in [0.717, 1.165) is 70.0 Å². The molecule has 7 rings (SSSR count). The second-order valence-electron chi connectivity index (χ2n) is 13.2. The van der Waals surface area contributed by atoms with E-state index in [9.17, 15) is 24.0 Å². The van der Waals surface area contributed by atoms with Crippen LogP contribution in [-0.4, -0.2) is 106 Å². The maximum atomic E-state index is 13.4. The lowest BCUT2D eigenvalue weighted by atomic mass is 10.0. The largest absolute Gasteiger partial charge is 0.369 e. The van der Waals surface area contributed by atoms with Gasteiger partial charge in [-0.15, -0.1) is 12.6 Å². The van der Waals surface area contributed by atoms with Crippen molar-refractivity contribution in [3.05, 3.63) is 75.0 Å². The first-order valence-corrected chi connectivity index (χ1v) is 18.1. The number of carbonyl (C=O) groups excluding carboxylic acids is 5. The zero-order chi connectivity index (χ0) is 36.0. The van der Waals surface area contributed by atoms with Crippen molar-refractivity contribution in [3.8, 4) is 0 Å². The number of hydrogen-bond donors (Lipinski definition) is 4. The number of carbonyl (C=O) groups is 5. The zero-order valence-corrected chi connectivity index (χ0v) is 30.0. The number of fused-ring (bicyclic) bond motifs is 1. The number of piperidine rings is 2. The number of likely N-dealkylation sites (tertiary alicyclic amines) is 1. The number of amides is 5. The molecule has 2 unspecified atom stereocenters. The number of benzene rings is 2. The van der Waals surface area contributed by atoms with E-state index in [1.807, 2.05) is 18.2 Å². The summed E-state index contributed by atoms with van der Waals surface area (Å²) in [5, 5.41) is 9.31. The molecule has 3 aromatic rings. The molecule has 1 aromatic heterocycles. The minimum absolute atomic E-state index is 0.0241. The topological polar surface area (TPSA) is 166 Å². The van der Waals surface area contributed by atoms with Crippen molar-refractivity contribution in [1.29, 1.82) is 0 Å². The van der Waals surface area contributed by atoms with Crippen molar-refractivity contribution in [2.45, 2.75) is 43.1 Å². The molecule has 268 valence electrons. The lowest BCUT2D eigenvalue weighted by molar-refractivity contribution is -0.137. The standard InChI is InChI=1S/C34H37Cl2N9O5S/c35-23-2-1-3-24(36)28(23)32(49)38-25-17-44(40-29(25)30(37)47)19-8-10-41(11-9-19)18-42-12-14-43(15-13-42)20-4-5-21-22(16-20)33(50)45(34(21)51)26-6-7-27(46)39-31(26)48/h1-5,16-17,19,26,34,51H,6-15,18H2,(H2,37,47)(H,38,49)(H,39,46,48). The van der Waals surface area contributed by atoms with E-state index < -0.39 is 29.1 Å². The molecule has 5 amide bonds. The fourth-order valence-corrected chi connectivity index (χ4v) is 8.38. The minimum Gasteiger partial charge on any atom is -0.369 e. The molecule has 4 aliphatic rings. The fourth-order valence-electron chi connectivity index (χ4n) is 7.32. The SMILES string of the molecule is NC(=O)c1nn(C2CCN(CN3CCN(c4ccc5c(c4)C(=O)N(C4CCC(=O)NC4=O)C5S)CC3)CC2)cc1NC(=O)c1c(Cl)cccc1Cl. The number of nitrogens with one attached hydrogen (secondary N) is 2. The van der Waals surface area contributed by atoms with E-state index in [0.29, 0.717) is 5.56 Å². The van der Waals surface area contributed by atoms with E-state index >= 15 is 0 Å². The molecule has 3 saturated heterocycles. The van der Waals surface area contributed by atoms with Crippen LogP contribution in [-0.2, 0) is 9.59 Å². The summed E-state index contributed by atoms with van der Waals surface area (Å²) in [6.45, 7) is 5.76. The van der Waals surface area contributed by atoms with E-state index in [2.05, 4.69) is 43.1 Å². The van der Waals surface area contributed by atoms with Gasteiger partial charge in [0, 0.05) is 63.1 Å². The zero-order valence-electron chi connectivity index (χ0n) is 27.6. The van der Waals surface area contributed by atoms with E-state index in [4.69, 9.17) is 28.9 Å². The van der Waals surface area contributed by atoms with E-state index in [1.165, 1.54) is 4.90 Å². The molecule has 14 nitrogen and oxygen atoms in total. The van der Waals surface area contributed by atoms with Gasteiger partial charge in [-0.25, -0.2) is 0 Å². The Bertz CT molecular complexity index is 1890. The van der Waals surface area contributed by atoms with Crippen molar-refractivity contribution in [1.82, 2.24) is 29.8 Å². The number of thiol groups is 1. The Balaban J connectivity index is 0.916. The van der Waals surface area contributed by atoms with Crippen LogP contribution in [0.1, 0.15) is 73.9 Å². The van der Waals surface area contributed by atoms with E-state index in [-0.39, 0.29) is 57.7 Å². The molecule has 2 atom stereocenters. The monoisotopic (exact) mass is 753 g/mol. The molecule has 2 aromatic carbocycles. The van der Waals surface area contributed by atoms with Crippen LogP contribution in [0.15, 0.2) is 42.6 Å². The van der Waals surface area contributed by atoms with Gasteiger partial charge in [-0.05, 0) is 49.1 Å². The highest BCUT2D eigenvalue weighted by molar-refractivity contribution is 7.80. The summed E-state index contributed by atoms with van der Waals surface area (Å²) in [6, 6.07) is 9.88. The normalized spacial score (nSPS) is 21.9. The molecule has 3 fully saturated rings. The van der Waals surface area contributed by atoms with Gasteiger partial charge < -0.3 is 20.9 Å². The summed E-state index contributed by atoms with van der Waals surface area (Å²) in [5.74, 6) is -2.34. The molecule has 5 heterocycles. The molecular formula is C34H37Cl2N9O5S. The number of primary amides is 1. The molecule has 4 N–H and O–H groups in total. The number of nitrogens with two attached hydrogens (primary N) is 1. The highest BCUT2D eigenvalue weighted by atomic mass is 35.5. The Kier molecular flexibility index (Phi) is 10.0. The van der Waals surface area contributed by atoms with Gasteiger partial charge in [-0.2, -0.15) is 5.10 Å². The molecular weight excluding hydrogens is 717 g/mol. The second kappa shape index (κ2) is 14.5. The Morgan fingerprint density at radius 2 is 1.65 bits per heavy atom. The van der Waals surface area contributed by atoms with Crippen molar-refractivity contribution in [2.24, 2.45) is 5.73 Å². The maximum Gasteiger partial charge on any atom is 0.271 e. The predicted octanol–water partition coefficient (Wildman–Crippen LogP) is 3.15. The number of aromatic nitrogens is 2. The molecule has 0 radical (unpaired) electrons. The first kappa shape index (κ1) is 35.3. The van der Waals surface area contributed by atoms with Crippen LogP contribution < -0.4 is 21.3 Å².